The van der Waals surface area contributed by atoms with Crippen LogP contribution in [0.25, 0.3) is 10.2 Å². The van der Waals surface area contributed by atoms with E-state index in [0.29, 0.717) is 0 Å². The van der Waals surface area contributed by atoms with Crippen LogP contribution >= 0.6 is 24.0 Å². The highest BCUT2D eigenvalue weighted by molar-refractivity contribution is 7.80. The lowest BCUT2D eigenvalue weighted by molar-refractivity contribution is 1.45. The number of thiol groups is 1. The number of nitrogens with zero attached hydrogens (tertiary/aromatic N) is 1. The number of hydrogen-bond donors (Lipinski definition) is 1. The molecule has 0 aliphatic carbocycles. The van der Waals surface area contributed by atoms with E-state index in [1.54, 1.807) is 11.3 Å². The predicted octanol–water partition coefficient (Wildman–Crippen LogP) is 2.59. The summed E-state index contributed by atoms with van der Waals surface area (Å²) in [6.07, 6.45) is 0. The van der Waals surface area contributed by atoms with Gasteiger partial charge in [-0.3, -0.25) is 0 Å². The third-order valence-electron chi connectivity index (χ3n) is 1.31. The molecule has 1 aromatic heterocycles. The Hall–Kier alpha value is -0.540. The zero-order valence-corrected chi connectivity index (χ0v) is 6.82. The predicted molar refractivity (Wildman–Crippen MR) is 46.9 cm³/mol. The van der Waals surface area contributed by atoms with Crippen molar-refractivity contribution in [2.24, 2.45) is 0 Å². The Bertz CT molecular complexity index is 353. The fourth-order valence-electron chi connectivity index (χ4n) is 0.846. The summed E-state index contributed by atoms with van der Waals surface area (Å²) in [5.41, 5.74) is 2.88. The molecule has 2 rings (SSSR count). The van der Waals surface area contributed by atoms with E-state index in [0.717, 1.165) is 10.4 Å². The second-order valence-electron chi connectivity index (χ2n) is 2.00. The van der Waals surface area contributed by atoms with Crippen LogP contribution in [0.15, 0.2) is 28.6 Å². The van der Waals surface area contributed by atoms with Crippen molar-refractivity contribution in [2.45, 2.75) is 4.90 Å². The molecule has 0 bridgehead atoms. The first-order chi connectivity index (χ1) is 4.86. The van der Waals surface area contributed by atoms with Gasteiger partial charge in [0, 0.05) is 4.90 Å². The van der Waals surface area contributed by atoms with Crippen LogP contribution < -0.4 is 0 Å². The molecule has 2 aromatic rings. The molecule has 0 amide bonds. The maximum Gasteiger partial charge on any atom is 0.0823 e. The van der Waals surface area contributed by atoms with Crippen LogP contribution in [0.5, 0.6) is 0 Å². The standard InChI is InChI=1S/C7H5NS2/c9-5-1-2-7-6(3-5)8-4-10-7/h1-4,9H. The Balaban J connectivity index is 2.86. The second kappa shape index (κ2) is 2.25. The van der Waals surface area contributed by atoms with Gasteiger partial charge in [-0.2, -0.15) is 0 Å². The molecule has 0 unspecified atom stereocenters. The fraction of sp³-hybridized carbons (Fsp3) is 0. The van der Waals surface area contributed by atoms with E-state index in [4.69, 9.17) is 0 Å². The summed E-state index contributed by atoms with van der Waals surface area (Å²) in [4.78, 5) is 5.12. The van der Waals surface area contributed by atoms with Gasteiger partial charge in [0.2, 0.25) is 0 Å². The summed E-state index contributed by atoms with van der Waals surface area (Å²) < 4.78 is 1.22. The van der Waals surface area contributed by atoms with Crippen LogP contribution in [0.4, 0.5) is 0 Å². The van der Waals surface area contributed by atoms with E-state index in [-0.39, 0.29) is 0 Å². The van der Waals surface area contributed by atoms with Crippen molar-refractivity contribution >= 4 is 34.2 Å². The molecule has 0 saturated heterocycles. The Morgan fingerprint density at radius 2 is 2.30 bits per heavy atom. The number of thiazole rings is 1. The van der Waals surface area contributed by atoms with Crippen molar-refractivity contribution in [3.8, 4) is 0 Å². The van der Waals surface area contributed by atoms with Gasteiger partial charge in [0.05, 0.1) is 15.7 Å². The van der Waals surface area contributed by atoms with E-state index in [9.17, 15) is 0 Å². The number of aromatic nitrogens is 1. The van der Waals surface area contributed by atoms with Gasteiger partial charge >= 0.3 is 0 Å². The largest absolute Gasteiger partial charge is 0.245 e. The molecule has 0 atom stereocenters. The number of hydrogen-bond acceptors (Lipinski definition) is 3. The number of rotatable bonds is 0. The molecular weight excluding hydrogens is 162 g/mol. The first-order valence-corrected chi connectivity index (χ1v) is 4.21. The third kappa shape index (κ3) is 0.914. The molecule has 0 fully saturated rings. The summed E-state index contributed by atoms with van der Waals surface area (Å²) in [6.45, 7) is 0. The minimum atomic E-state index is 0.971. The Kier molecular flexibility index (Phi) is 1.39. The normalized spacial score (nSPS) is 10.5. The van der Waals surface area contributed by atoms with E-state index in [1.165, 1.54) is 4.70 Å². The molecule has 0 saturated carbocycles. The molecule has 0 radical (unpaired) electrons. The van der Waals surface area contributed by atoms with Gasteiger partial charge in [-0.25, -0.2) is 4.98 Å². The van der Waals surface area contributed by atoms with Crippen LogP contribution in [-0.2, 0) is 0 Å². The van der Waals surface area contributed by atoms with Crippen molar-refractivity contribution in [3.05, 3.63) is 23.7 Å². The first-order valence-electron chi connectivity index (χ1n) is 2.88. The molecule has 1 aromatic carbocycles. The third-order valence-corrected chi connectivity index (χ3v) is 2.40. The molecule has 10 heavy (non-hydrogen) atoms. The van der Waals surface area contributed by atoms with Gasteiger partial charge in [-0.05, 0) is 18.2 Å². The van der Waals surface area contributed by atoms with Gasteiger partial charge in [0.15, 0.2) is 0 Å². The average Bonchev–Trinajstić information content (AvgIpc) is 2.33. The molecule has 0 N–H and O–H groups in total. The average molecular weight is 167 g/mol. The van der Waals surface area contributed by atoms with Gasteiger partial charge in [-0.15, -0.1) is 24.0 Å². The van der Waals surface area contributed by atoms with Gasteiger partial charge in [0.1, 0.15) is 0 Å². The molecule has 1 nitrogen and oxygen atoms in total. The highest BCUT2D eigenvalue weighted by Crippen LogP contribution is 2.19. The van der Waals surface area contributed by atoms with Gasteiger partial charge in [-0.1, -0.05) is 0 Å². The van der Waals surface area contributed by atoms with Crippen molar-refractivity contribution in [1.29, 1.82) is 0 Å². The maximum atomic E-state index is 4.20. The molecule has 0 spiro atoms. The maximum absolute atomic E-state index is 4.20. The monoisotopic (exact) mass is 167 g/mol. The quantitative estimate of drug-likeness (QED) is 0.595. The minimum Gasteiger partial charge on any atom is -0.245 e. The highest BCUT2D eigenvalue weighted by Gasteiger charge is 1.93. The van der Waals surface area contributed by atoms with Crippen LogP contribution in [-0.4, -0.2) is 4.98 Å². The summed E-state index contributed by atoms with van der Waals surface area (Å²) in [5, 5.41) is 0. The van der Waals surface area contributed by atoms with Crippen LogP contribution in [0.2, 0.25) is 0 Å². The van der Waals surface area contributed by atoms with Crippen LogP contribution in [0.1, 0.15) is 0 Å². The zero-order valence-electron chi connectivity index (χ0n) is 5.11. The van der Waals surface area contributed by atoms with E-state index >= 15 is 0 Å². The van der Waals surface area contributed by atoms with E-state index < -0.39 is 0 Å². The van der Waals surface area contributed by atoms with Crippen molar-refractivity contribution in [3.63, 3.8) is 0 Å². The second-order valence-corrected chi connectivity index (χ2v) is 3.41. The molecule has 50 valence electrons. The molecular formula is C7H5NS2. The van der Waals surface area contributed by atoms with E-state index in [2.05, 4.69) is 17.6 Å². The van der Waals surface area contributed by atoms with Gasteiger partial charge < -0.3 is 0 Å². The van der Waals surface area contributed by atoms with E-state index in [1.807, 2.05) is 23.7 Å². The molecule has 1 heterocycles. The zero-order chi connectivity index (χ0) is 6.97. The molecule has 0 aliphatic heterocycles. The molecule has 0 aliphatic rings. The highest BCUT2D eigenvalue weighted by atomic mass is 32.1. The summed E-state index contributed by atoms with van der Waals surface area (Å²) in [6, 6.07) is 5.98. The number of fused-ring (bicyclic) bond motifs is 1. The molecule has 3 heteroatoms. The van der Waals surface area contributed by atoms with Gasteiger partial charge in [0.25, 0.3) is 0 Å². The smallest absolute Gasteiger partial charge is 0.0823 e. The minimum absolute atomic E-state index is 0.971. The summed E-state index contributed by atoms with van der Waals surface area (Å²) in [5.74, 6) is 0. The van der Waals surface area contributed by atoms with Crippen LogP contribution in [0, 0.1) is 0 Å². The van der Waals surface area contributed by atoms with Crippen molar-refractivity contribution in [2.75, 3.05) is 0 Å². The number of benzene rings is 1. The van der Waals surface area contributed by atoms with Crippen LogP contribution in [0.3, 0.4) is 0 Å². The lowest BCUT2D eigenvalue weighted by Crippen LogP contribution is -1.66. The summed E-state index contributed by atoms with van der Waals surface area (Å²) in [7, 11) is 0. The SMILES string of the molecule is Sc1ccc2scnc2c1. The fourth-order valence-corrected chi connectivity index (χ4v) is 1.70. The Labute approximate surface area is 68.1 Å². The van der Waals surface area contributed by atoms with Crippen molar-refractivity contribution < 1.29 is 0 Å². The lowest BCUT2D eigenvalue weighted by Gasteiger charge is -1.87. The lowest BCUT2D eigenvalue weighted by atomic mass is 10.3. The van der Waals surface area contributed by atoms with Crippen molar-refractivity contribution in [1.82, 2.24) is 4.98 Å². The first kappa shape index (κ1) is 6.19. The Morgan fingerprint density at radius 3 is 3.20 bits per heavy atom. The Morgan fingerprint density at radius 1 is 1.40 bits per heavy atom. The topological polar surface area (TPSA) is 12.9 Å². The summed E-state index contributed by atoms with van der Waals surface area (Å²) >= 11 is 5.85.